The van der Waals surface area contributed by atoms with Gasteiger partial charge >= 0.3 is 0 Å². The van der Waals surface area contributed by atoms with Gasteiger partial charge in [-0.3, -0.25) is 4.79 Å². The van der Waals surface area contributed by atoms with E-state index in [1.165, 1.54) is 5.56 Å². The zero-order valence-electron chi connectivity index (χ0n) is 8.86. The van der Waals surface area contributed by atoms with Gasteiger partial charge in [0.15, 0.2) is 0 Å². The number of hydrogen-bond donors (Lipinski definition) is 1. The minimum Gasteiger partial charge on any atom is -0.369 e. The molecule has 0 radical (unpaired) electrons. The van der Waals surface area contributed by atoms with Crippen molar-refractivity contribution in [1.82, 2.24) is 0 Å². The van der Waals surface area contributed by atoms with Crippen LogP contribution >= 0.6 is 0 Å². The van der Waals surface area contributed by atoms with Crippen molar-refractivity contribution in [3.63, 3.8) is 0 Å². The Morgan fingerprint density at radius 1 is 1.07 bits per heavy atom. The van der Waals surface area contributed by atoms with E-state index in [-0.39, 0.29) is 11.8 Å². The van der Waals surface area contributed by atoms with E-state index in [1.807, 2.05) is 6.07 Å². The lowest BCUT2D eigenvalue weighted by Crippen LogP contribution is -2.27. The zero-order chi connectivity index (χ0) is 10.7. The summed E-state index contributed by atoms with van der Waals surface area (Å²) in [7, 11) is 0. The molecule has 1 aliphatic rings. The van der Waals surface area contributed by atoms with Crippen LogP contribution < -0.4 is 5.73 Å². The lowest BCUT2D eigenvalue weighted by Gasteiger charge is -2.26. The van der Waals surface area contributed by atoms with E-state index in [1.54, 1.807) is 0 Å². The van der Waals surface area contributed by atoms with Gasteiger partial charge in [0, 0.05) is 5.92 Å². The SMILES string of the molecule is NC(=O)[C@H]1CC[C@@H](c2ccccc2)CC1. The summed E-state index contributed by atoms with van der Waals surface area (Å²) in [6.07, 6.45) is 4.10. The van der Waals surface area contributed by atoms with Crippen LogP contribution in [0.5, 0.6) is 0 Å². The minimum atomic E-state index is -0.124. The van der Waals surface area contributed by atoms with Crippen LogP contribution in [0.15, 0.2) is 30.3 Å². The van der Waals surface area contributed by atoms with Crippen LogP contribution in [0.4, 0.5) is 0 Å². The van der Waals surface area contributed by atoms with Crippen molar-refractivity contribution in [3.8, 4) is 0 Å². The molecule has 15 heavy (non-hydrogen) atoms. The molecule has 2 N–H and O–H groups in total. The van der Waals surface area contributed by atoms with E-state index in [0.29, 0.717) is 5.92 Å². The third kappa shape index (κ3) is 2.38. The first-order valence-electron chi connectivity index (χ1n) is 5.61. The van der Waals surface area contributed by atoms with Gasteiger partial charge in [-0.05, 0) is 37.2 Å². The topological polar surface area (TPSA) is 43.1 Å². The summed E-state index contributed by atoms with van der Waals surface area (Å²) < 4.78 is 0. The van der Waals surface area contributed by atoms with Gasteiger partial charge in [0.05, 0.1) is 0 Å². The summed E-state index contributed by atoms with van der Waals surface area (Å²) in [6.45, 7) is 0. The molecular weight excluding hydrogens is 186 g/mol. The molecule has 2 nitrogen and oxygen atoms in total. The van der Waals surface area contributed by atoms with E-state index in [9.17, 15) is 4.79 Å². The quantitative estimate of drug-likeness (QED) is 0.788. The molecule has 0 heterocycles. The van der Waals surface area contributed by atoms with Crippen molar-refractivity contribution in [2.24, 2.45) is 11.7 Å². The maximum absolute atomic E-state index is 11.0. The van der Waals surface area contributed by atoms with Crippen molar-refractivity contribution < 1.29 is 4.79 Å². The fourth-order valence-electron chi connectivity index (χ4n) is 2.44. The first-order chi connectivity index (χ1) is 7.27. The number of benzene rings is 1. The third-order valence-corrected chi connectivity index (χ3v) is 3.40. The van der Waals surface area contributed by atoms with Gasteiger partial charge < -0.3 is 5.73 Å². The summed E-state index contributed by atoms with van der Waals surface area (Å²) in [5, 5.41) is 0. The van der Waals surface area contributed by atoms with Gasteiger partial charge in [-0.1, -0.05) is 30.3 Å². The highest BCUT2D eigenvalue weighted by molar-refractivity contribution is 5.76. The number of nitrogens with two attached hydrogens (primary N) is 1. The van der Waals surface area contributed by atoms with Crippen LogP contribution in [0.2, 0.25) is 0 Å². The van der Waals surface area contributed by atoms with E-state index in [2.05, 4.69) is 24.3 Å². The molecule has 0 aromatic heterocycles. The van der Waals surface area contributed by atoms with E-state index < -0.39 is 0 Å². The summed E-state index contributed by atoms with van der Waals surface area (Å²) in [5.41, 5.74) is 6.72. The van der Waals surface area contributed by atoms with Crippen LogP contribution in [0.3, 0.4) is 0 Å². The molecular formula is C13H17NO. The number of hydrogen-bond acceptors (Lipinski definition) is 1. The Kier molecular flexibility index (Phi) is 3.05. The smallest absolute Gasteiger partial charge is 0.220 e. The minimum absolute atomic E-state index is 0.116. The highest BCUT2D eigenvalue weighted by Crippen LogP contribution is 2.35. The Morgan fingerprint density at radius 2 is 1.67 bits per heavy atom. The fraction of sp³-hybridized carbons (Fsp3) is 0.462. The van der Waals surface area contributed by atoms with Crippen LogP contribution in [-0.4, -0.2) is 5.91 Å². The molecule has 0 spiro atoms. The lowest BCUT2D eigenvalue weighted by molar-refractivity contribution is -0.122. The largest absolute Gasteiger partial charge is 0.369 e. The first kappa shape index (κ1) is 10.2. The molecule has 2 rings (SSSR count). The second-order valence-corrected chi connectivity index (χ2v) is 4.36. The maximum atomic E-state index is 11.0. The Labute approximate surface area is 90.5 Å². The Hall–Kier alpha value is -1.31. The second kappa shape index (κ2) is 4.47. The molecule has 1 amide bonds. The predicted molar refractivity (Wildman–Crippen MR) is 60.3 cm³/mol. The summed E-state index contributed by atoms with van der Waals surface area (Å²) in [4.78, 5) is 11.0. The van der Waals surface area contributed by atoms with Gasteiger partial charge in [0.1, 0.15) is 0 Å². The molecule has 1 aromatic rings. The Bertz CT molecular complexity index is 326. The molecule has 0 atom stereocenters. The first-order valence-corrected chi connectivity index (χ1v) is 5.61. The average Bonchev–Trinajstić information content (AvgIpc) is 2.30. The molecule has 1 saturated carbocycles. The van der Waals surface area contributed by atoms with Gasteiger partial charge in [-0.25, -0.2) is 0 Å². The van der Waals surface area contributed by atoms with Crippen LogP contribution in [0.1, 0.15) is 37.2 Å². The standard InChI is InChI=1S/C13H17NO/c14-13(15)12-8-6-11(7-9-12)10-4-2-1-3-5-10/h1-5,11-12H,6-9H2,(H2,14,15)/t11-,12+. The third-order valence-electron chi connectivity index (χ3n) is 3.40. The Balaban J connectivity index is 1.97. The molecule has 0 aliphatic heterocycles. The molecule has 1 aliphatic carbocycles. The van der Waals surface area contributed by atoms with Crippen molar-refractivity contribution in [3.05, 3.63) is 35.9 Å². The van der Waals surface area contributed by atoms with Crippen molar-refractivity contribution in [1.29, 1.82) is 0 Å². The molecule has 1 fully saturated rings. The maximum Gasteiger partial charge on any atom is 0.220 e. The van der Waals surface area contributed by atoms with Gasteiger partial charge in [0.25, 0.3) is 0 Å². The number of primary amides is 1. The molecule has 0 bridgehead atoms. The fourth-order valence-corrected chi connectivity index (χ4v) is 2.44. The van der Waals surface area contributed by atoms with Crippen LogP contribution in [-0.2, 0) is 4.79 Å². The highest BCUT2D eigenvalue weighted by atomic mass is 16.1. The van der Waals surface area contributed by atoms with Crippen LogP contribution in [0.25, 0.3) is 0 Å². The molecule has 80 valence electrons. The Morgan fingerprint density at radius 3 is 2.20 bits per heavy atom. The number of rotatable bonds is 2. The van der Waals surface area contributed by atoms with Crippen molar-refractivity contribution in [2.45, 2.75) is 31.6 Å². The number of amides is 1. The average molecular weight is 203 g/mol. The lowest BCUT2D eigenvalue weighted by atomic mass is 9.78. The molecule has 0 unspecified atom stereocenters. The summed E-state index contributed by atoms with van der Waals surface area (Å²) in [5.74, 6) is 0.619. The number of carbonyl (C=O) groups is 1. The van der Waals surface area contributed by atoms with Gasteiger partial charge in [0.2, 0.25) is 5.91 Å². The van der Waals surface area contributed by atoms with Gasteiger partial charge in [-0.2, -0.15) is 0 Å². The number of carbonyl (C=O) groups excluding carboxylic acids is 1. The van der Waals surface area contributed by atoms with Crippen LogP contribution in [0, 0.1) is 5.92 Å². The monoisotopic (exact) mass is 203 g/mol. The summed E-state index contributed by atoms with van der Waals surface area (Å²) in [6, 6.07) is 10.5. The molecule has 1 aromatic carbocycles. The van der Waals surface area contributed by atoms with Gasteiger partial charge in [-0.15, -0.1) is 0 Å². The zero-order valence-corrected chi connectivity index (χ0v) is 8.86. The van der Waals surface area contributed by atoms with Crippen molar-refractivity contribution in [2.75, 3.05) is 0 Å². The summed E-state index contributed by atoms with van der Waals surface area (Å²) >= 11 is 0. The second-order valence-electron chi connectivity index (χ2n) is 4.36. The normalized spacial score (nSPS) is 26.1. The molecule has 0 saturated heterocycles. The molecule has 2 heteroatoms. The van der Waals surface area contributed by atoms with E-state index in [0.717, 1.165) is 25.7 Å². The van der Waals surface area contributed by atoms with E-state index in [4.69, 9.17) is 5.73 Å². The predicted octanol–water partition coefficient (Wildman–Crippen LogP) is 2.45. The van der Waals surface area contributed by atoms with Crippen molar-refractivity contribution >= 4 is 5.91 Å². The van der Waals surface area contributed by atoms with E-state index >= 15 is 0 Å². The highest BCUT2D eigenvalue weighted by Gasteiger charge is 2.25.